The van der Waals surface area contributed by atoms with Gasteiger partial charge in [-0.1, -0.05) is 23.9 Å². The number of hydrogen-bond acceptors (Lipinski definition) is 3. The maximum atomic E-state index is 4.54. The van der Waals surface area contributed by atoms with Crippen molar-refractivity contribution < 1.29 is 0 Å². The molecule has 90 valence electrons. The van der Waals surface area contributed by atoms with E-state index in [1.807, 2.05) is 30.0 Å². The smallest absolute Gasteiger partial charge is 0.166 e. The summed E-state index contributed by atoms with van der Waals surface area (Å²) in [6.45, 7) is 1.14. The van der Waals surface area contributed by atoms with E-state index in [1.165, 1.54) is 19.3 Å². The summed E-state index contributed by atoms with van der Waals surface area (Å²) in [4.78, 5) is 7.88. The van der Waals surface area contributed by atoms with Crippen molar-refractivity contribution >= 4 is 22.8 Å². The molecule has 1 saturated carbocycles. The third-order valence-electron chi connectivity index (χ3n) is 2.94. The fourth-order valence-electron chi connectivity index (χ4n) is 1.83. The Morgan fingerprint density at radius 2 is 2.24 bits per heavy atom. The minimum atomic E-state index is 0.825. The molecule has 0 amide bonds. The minimum Gasteiger partial charge on any atom is -0.333 e. The third kappa shape index (κ3) is 3.01. The van der Waals surface area contributed by atoms with Gasteiger partial charge in [0.1, 0.15) is 0 Å². The van der Waals surface area contributed by atoms with E-state index >= 15 is 0 Å². The Hall–Kier alpha value is -1.00. The summed E-state index contributed by atoms with van der Waals surface area (Å²) in [5.41, 5.74) is 2.19. The second kappa shape index (κ2) is 5.10. The van der Waals surface area contributed by atoms with Crippen LogP contribution >= 0.6 is 11.8 Å². The highest BCUT2D eigenvalue weighted by Gasteiger charge is 2.19. The molecule has 1 aliphatic carbocycles. The SMILES string of the molecule is c1ccc2[nH]c(SCCCNC3CC3)nc2c1. The van der Waals surface area contributed by atoms with Crippen LogP contribution in [0.15, 0.2) is 29.4 Å². The van der Waals surface area contributed by atoms with E-state index in [1.54, 1.807) is 0 Å². The molecule has 0 aliphatic heterocycles. The lowest BCUT2D eigenvalue weighted by atomic mass is 10.3. The Labute approximate surface area is 105 Å². The van der Waals surface area contributed by atoms with Crippen LogP contribution in [0.5, 0.6) is 0 Å². The summed E-state index contributed by atoms with van der Waals surface area (Å²) in [6.07, 6.45) is 3.95. The van der Waals surface area contributed by atoms with Gasteiger partial charge in [-0.3, -0.25) is 0 Å². The number of H-pyrrole nitrogens is 1. The summed E-state index contributed by atoms with van der Waals surface area (Å²) in [5, 5.41) is 4.56. The number of thioether (sulfide) groups is 1. The van der Waals surface area contributed by atoms with E-state index in [4.69, 9.17) is 0 Å². The molecule has 0 radical (unpaired) electrons. The van der Waals surface area contributed by atoms with Crippen LogP contribution in [0.25, 0.3) is 11.0 Å². The first-order valence-corrected chi connectivity index (χ1v) is 7.21. The number of benzene rings is 1. The molecule has 0 bridgehead atoms. The number of para-hydroxylation sites is 2. The van der Waals surface area contributed by atoms with Gasteiger partial charge in [0.2, 0.25) is 0 Å². The van der Waals surface area contributed by atoms with E-state index in [0.717, 1.165) is 34.5 Å². The molecular formula is C13H17N3S. The molecule has 3 nitrogen and oxygen atoms in total. The third-order valence-corrected chi connectivity index (χ3v) is 3.90. The molecular weight excluding hydrogens is 230 g/mol. The topological polar surface area (TPSA) is 40.7 Å². The van der Waals surface area contributed by atoms with Crippen LogP contribution in [-0.2, 0) is 0 Å². The van der Waals surface area contributed by atoms with Crippen molar-refractivity contribution in [3.63, 3.8) is 0 Å². The molecule has 1 aromatic heterocycles. The summed E-state index contributed by atoms with van der Waals surface area (Å²) >= 11 is 1.81. The van der Waals surface area contributed by atoms with Crippen molar-refractivity contribution in [1.82, 2.24) is 15.3 Å². The van der Waals surface area contributed by atoms with Gasteiger partial charge >= 0.3 is 0 Å². The van der Waals surface area contributed by atoms with Gasteiger partial charge in [0, 0.05) is 11.8 Å². The van der Waals surface area contributed by atoms with Crippen molar-refractivity contribution in [1.29, 1.82) is 0 Å². The van der Waals surface area contributed by atoms with Crippen molar-refractivity contribution in [3.8, 4) is 0 Å². The largest absolute Gasteiger partial charge is 0.333 e. The molecule has 2 N–H and O–H groups in total. The summed E-state index contributed by atoms with van der Waals surface area (Å²) < 4.78 is 0. The molecule has 1 heterocycles. The Morgan fingerprint density at radius 1 is 1.35 bits per heavy atom. The van der Waals surface area contributed by atoms with Crippen molar-refractivity contribution in [2.24, 2.45) is 0 Å². The van der Waals surface area contributed by atoms with E-state index in [0.29, 0.717) is 0 Å². The van der Waals surface area contributed by atoms with Crippen LogP contribution in [0.2, 0.25) is 0 Å². The highest BCUT2D eigenvalue weighted by atomic mass is 32.2. The van der Waals surface area contributed by atoms with Crippen molar-refractivity contribution in [2.75, 3.05) is 12.3 Å². The average Bonchev–Trinajstić information content (AvgIpc) is 3.07. The standard InChI is InChI=1S/C13H17N3S/c1-2-5-12-11(4-1)15-13(16-12)17-9-3-8-14-10-6-7-10/h1-2,4-5,10,14H,3,6-9H2,(H,15,16). The van der Waals surface area contributed by atoms with Crippen LogP contribution in [0.3, 0.4) is 0 Å². The molecule has 0 atom stereocenters. The number of aromatic amines is 1. The zero-order valence-electron chi connectivity index (χ0n) is 9.78. The van der Waals surface area contributed by atoms with Gasteiger partial charge in [-0.05, 0) is 37.9 Å². The number of nitrogens with one attached hydrogen (secondary N) is 2. The van der Waals surface area contributed by atoms with E-state index in [2.05, 4.69) is 21.4 Å². The van der Waals surface area contributed by atoms with Crippen LogP contribution in [0.4, 0.5) is 0 Å². The summed E-state index contributed by atoms with van der Waals surface area (Å²) in [7, 11) is 0. The molecule has 3 rings (SSSR count). The fraction of sp³-hybridized carbons (Fsp3) is 0.462. The zero-order chi connectivity index (χ0) is 11.5. The monoisotopic (exact) mass is 247 g/mol. The lowest BCUT2D eigenvalue weighted by molar-refractivity contribution is 0.674. The molecule has 1 aromatic carbocycles. The van der Waals surface area contributed by atoms with E-state index in [-0.39, 0.29) is 0 Å². The maximum Gasteiger partial charge on any atom is 0.166 e. The Kier molecular flexibility index (Phi) is 3.34. The molecule has 1 fully saturated rings. The minimum absolute atomic E-state index is 0.825. The van der Waals surface area contributed by atoms with Gasteiger partial charge in [0.05, 0.1) is 11.0 Å². The summed E-state index contributed by atoms with van der Waals surface area (Å²) in [6, 6.07) is 9.00. The van der Waals surface area contributed by atoms with Gasteiger partial charge in [0.25, 0.3) is 0 Å². The quantitative estimate of drug-likeness (QED) is 0.609. The van der Waals surface area contributed by atoms with Gasteiger partial charge in [-0.2, -0.15) is 0 Å². The van der Waals surface area contributed by atoms with E-state index < -0.39 is 0 Å². The van der Waals surface area contributed by atoms with Gasteiger partial charge in [-0.15, -0.1) is 0 Å². The number of imidazole rings is 1. The molecule has 1 aliphatic rings. The number of aromatic nitrogens is 2. The van der Waals surface area contributed by atoms with E-state index in [9.17, 15) is 0 Å². The predicted octanol–water partition coefficient (Wildman–Crippen LogP) is 2.80. The first kappa shape index (κ1) is 11.1. The molecule has 0 spiro atoms. The van der Waals surface area contributed by atoms with Crippen LogP contribution in [0, 0.1) is 0 Å². The Morgan fingerprint density at radius 3 is 3.06 bits per heavy atom. The second-order valence-corrected chi connectivity index (χ2v) is 5.57. The number of fused-ring (bicyclic) bond motifs is 1. The number of hydrogen-bond donors (Lipinski definition) is 2. The first-order valence-electron chi connectivity index (χ1n) is 6.23. The zero-order valence-corrected chi connectivity index (χ0v) is 10.6. The fourth-order valence-corrected chi connectivity index (χ4v) is 2.66. The summed E-state index contributed by atoms with van der Waals surface area (Å²) in [5.74, 6) is 1.12. The first-order chi connectivity index (χ1) is 8.42. The van der Waals surface area contributed by atoms with Crippen LogP contribution in [-0.4, -0.2) is 28.3 Å². The Bertz CT molecular complexity index is 457. The van der Waals surface area contributed by atoms with Crippen LogP contribution in [0.1, 0.15) is 19.3 Å². The van der Waals surface area contributed by atoms with Crippen molar-refractivity contribution in [2.45, 2.75) is 30.5 Å². The van der Waals surface area contributed by atoms with Crippen LogP contribution < -0.4 is 5.32 Å². The Balaban J connectivity index is 1.46. The van der Waals surface area contributed by atoms with Gasteiger partial charge in [-0.25, -0.2) is 4.98 Å². The normalized spacial score (nSPS) is 15.5. The lowest BCUT2D eigenvalue weighted by Gasteiger charge is -2.00. The average molecular weight is 247 g/mol. The number of rotatable bonds is 6. The molecule has 4 heteroatoms. The molecule has 2 aromatic rings. The van der Waals surface area contributed by atoms with Crippen molar-refractivity contribution in [3.05, 3.63) is 24.3 Å². The highest BCUT2D eigenvalue weighted by Crippen LogP contribution is 2.20. The van der Waals surface area contributed by atoms with Gasteiger partial charge in [0.15, 0.2) is 5.16 Å². The molecule has 0 saturated heterocycles. The molecule has 0 unspecified atom stereocenters. The number of nitrogens with zero attached hydrogens (tertiary/aromatic N) is 1. The highest BCUT2D eigenvalue weighted by molar-refractivity contribution is 7.99. The predicted molar refractivity (Wildman–Crippen MR) is 72.5 cm³/mol. The second-order valence-electron chi connectivity index (χ2n) is 4.49. The molecule has 17 heavy (non-hydrogen) atoms. The van der Waals surface area contributed by atoms with Gasteiger partial charge < -0.3 is 10.3 Å². The maximum absolute atomic E-state index is 4.54. The lowest BCUT2D eigenvalue weighted by Crippen LogP contribution is -2.17.